The normalized spacial score (nSPS) is 9.93. The van der Waals surface area contributed by atoms with Crippen LogP contribution in [0.15, 0.2) is 48.5 Å². The van der Waals surface area contributed by atoms with Gasteiger partial charge in [-0.25, -0.2) is 4.79 Å². The summed E-state index contributed by atoms with van der Waals surface area (Å²) in [6.45, 7) is -0.906. The summed E-state index contributed by atoms with van der Waals surface area (Å²) in [5, 5.41) is 5.38. The largest absolute Gasteiger partial charge is 0.465 e. The van der Waals surface area contributed by atoms with Crippen LogP contribution < -0.4 is 10.6 Å². The van der Waals surface area contributed by atoms with Crippen LogP contribution in [0, 0.1) is 0 Å². The maximum Gasteiger partial charge on any atom is 0.337 e. The molecule has 0 aromatic heterocycles. The van der Waals surface area contributed by atoms with E-state index in [4.69, 9.17) is 16.3 Å². The van der Waals surface area contributed by atoms with E-state index in [0.717, 1.165) is 0 Å². The van der Waals surface area contributed by atoms with Crippen LogP contribution in [-0.4, -0.2) is 44.0 Å². The number of carbonyl (C=O) groups is 4. The Morgan fingerprint density at radius 2 is 1.54 bits per heavy atom. The Bertz CT molecular complexity index is 865. The molecule has 0 bridgehead atoms. The number of amides is 2. The van der Waals surface area contributed by atoms with Crippen LogP contribution in [0.5, 0.6) is 0 Å². The van der Waals surface area contributed by atoms with Crippen molar-refractivity contribution in [1.29, 1.82) is 0 Å². The molecule has 0 aliphatic carbocycles. The molecule has 0 fully saturated rings. The fourth-order valence-electron chi connectivity index (χ4n) is 2.06. The number of benzene rings is 2. The number of hydrogen-bond acceptors (Lipinski definition) is 6. The third-order valence-electron chi connectivity index (χ3n) is 3.45. The molecular formula is C19H17ClN2O6. The van der Waals surface area contributed by atoms with E-state index >= 15 is 0 Å². The minimum atomic E-state index is -0.765. The average molecular weight is 405 g/mol. The van der Waals surface area contributed by atoms with Crippen LogP contribution in [0.25, 0.3) is 0 Å². The monoisotopic (exact) mass is 404 g/mol. The summed E-state index contributed by atoms with van der Waals surface area (Å²) in [6.07, 6.45) is 0. The molecule has 0 saturated heterocycles. The highest BCUT2D eigenvalue weighted by Gasteiger charge is 2.11. The Balaban J connectivity index is 1.73. The van der Waals surface area contributed by atoms with Gasteiger partial charge < -0.3 is 20.1 Å². The van der Waals surface area contributed by atoms with E-state index < -0.39 is 30.4 Å². The quantitative estimate of drug-likeness (QED) is 0.683. The van der Waals surface area contributed by atoms with Crippen LogP contribution in [0.3, 0.4) is 0 Å². The number of hydrogen-bond donors (Lipinski definition) is 2. The zero-order valence-electron chi connectivity index (χ0n) is 14.9. The topological polar surface area (TPSA) is 111 Å². The van der Waals surface area contributed by atoms with Gasteiger partial charge in [-0.15, -0.1) is 0 Å². The van der Waals surface area contributed by atoms with Crippen LogP contribution in [-0.2, 0) is 19.1 Å². The summed E-state index contributed by atoms with van der Waals surface area (Å²) in [7, 11) is 1.27. The van der Waals surface area contributed by atoms with Crippen LogP contribution in [0.2, 0.25) is 5.02 Å². The molecule has 28 heavy (non-hydrogen) atoms. The maximum atomic E-state index is 11.9. The number of halogens is 1. The van der Waals surface area contributed by atoms with Crippen LogP contribution in [0.1, 0.15) is 20.7 Å². The van der Waals surface area contributed by atoms with Crippen molar-refractivity contribution in [2.45, 2.75) is 0 Å². The van der Waals surface area contributed by atoms with E-state index in [9.17, 15) is 19.2 Å². The van der Waals surface area contributed by atoms with Gasteiger partial charge in [0.2, 0.25) is 0 Å². The second-order valence-corrected chi connectivity index (χ2v) is 5.90. The molecule has 0 spiro atoms. The van der Waals surface area contributed by atoms with E-state index in [1.165, 1.54) is 43.5 Å². The van der Waals surface area contributed by atoms with Gasteiger partial charge in [-0.3, -0.25) is 14.4 Å². The van der Waals surface area contributed by atoms with E-state index in [1.807, 2.05) is 0 Å². The van der Waals surface area contributed by atoms with Gasteiger partial charge in [0.1, 0.15) is 6.54 Å². The molecular weight excluding hydrogens is 388 g/mol. The minimum Gasteiger partial charge on any atom is -0.465 e. The third kappa shape index (κ3) is 6.40. The molecule has 0 radical (unpaired) electrons. The molecule has 2 aromatic rings. The predicted molar refractivity (Wildman–Crippen MR) is 101 cm³/mol. The van der Waals surface area contributed by atoms with Gasteiger partial charge in [0.25, 0.3) is 11.8 Å². The van der Waals surface area contributed by atoms with E-state index in [1.54, 1.807) is 12.1 Å². The fourth-order valence-corrected chi connectivity index (χ4v) is 2.18. The predicted octanol–water partition coefficient (Wildman–Crippen LogP) is 2.04. The second-order valence-electron chi connectivity index (χ2n) is 5.47. The molecule has 0 aliphatic rings. The number of carbonyl (C=O) groups excluding carboxylic acids is 4. The summed E-state index contributed by atoms with van der Waals surface area (Å²) < 4.78 is 9.38. The minimum absolute atomic E-state index is 0.336. The summed E-state index contributed by atoms with van der Waals surface area (Å²) in [5.74, 6) is -2.29. The highest BCUT2D eigenvalue weighted by Crippen LogP contribution is 2.11. The van der Waals surface area contributed by atoms with Crippen molar-refractivity contribution in [2.24, 2.45) is 0 Å². The first-order valence-electron chi connectivity index (χ1n) is 8.06. The Morgan fingerprint density at radius 3 is 2.14 bits per heavy atom. The molecule has 2 amide bonds. The van der Waals surface area contributed by atoms with Gasteiger partial charge in [0, 0.05) is 16.3 Å². The number of anilines is 1. The van der Waals surface area contributed by atoms with Gasteiger partial charge >= 0.3 is 11.9 Å². The lowest BCUT2D eigenvalue weighted by Gasteiger charge is -2.08. The maximum absolute atomic E-state index is 11.9. The van der Waals surface area contributed by atoms with Gasteiger partial charge in [0.15, 0.2) is 6.61 Å². The molecule has 0 aliphatic heterocycles. The second kappa shape index (κ2) is 10.1. The molecule has 0 heterocycles. The van der Waals surface area contributed by atoms with Crippen LogP contribution >= 0.6 is 11.6 Å². The van der Waals surface area contributed by atoms with Crippen molar-refractivity contribution >= 4 is 41.0 Å². The molecule has 146 valence electrons. The Hall–Kier alpha value is -3.39. The fraction of sp³-hybridized carbons (Fsp3) is 0.158. The van der Waals surface area contributed by atoms with Gasteiger partial charge in [0.05, 0.1) is 12.7 Å². The first kappa shape index (κ1) is 20.9. The number of methoxy groups -OCH3 is 1. The van der Waals surface area contributed by atoms with Crippen molar-refractivity contribution in [3.63, 3.8) is 0 Å². The number of ether oxygens (including phenoxy) is 2. The lowest BCUT2D eigenvalue weighted by atomic mass is 10.2. The van der Waals surface area contributed by atoms with Crippen molar-refractivity contribution in [3.05, 3.63) is 64.7 Å². The first-order valence-corrected chi connectivity index (χ1v) is 8.44. The highest BCUT2D eigenvalue weighted by molar-refractivity contribution is 6.30. The van der Waals surface area contributed by atoms with Crippen molar-refractivity contribution in [1.82, 2.24) is 5.32 Å². The molecule has 8 nitrogen and oxygen atoms in total. The van der Waals surface area contributed by atoms with Gasteiger partial charge in [-0.1, -0.05) is 11.6 Å². The molecule has 9 heteroatoms. The smallest absolute Gasteiger partial charge is 0.337 e. The number of rotatable bonds is 7. The summed E-state index contributed by atoms with van der Waals surface area (Å²) in [5.41, 5.74) is 1.10. The Kier molecular flexibility index (Phi) is 7.53. The third-order valence-corrected chi connectivity index (χ3v) is 3.71. The van der Waals surface area contributed by atoms with E-state index in [0.29, 0.717) is 21.8 Å². The average Bonchev–Trinajstić information content (AvgIpc) is 2.71. The van der Waals surface area contributed by atoms with Gasteiger partial charge in [-0.05, 0) is 48.5 Å². The van der Waals surface area contributed by atoms with E-state index in [-0.39, 0.29) is 6.54 Å². The molecule has 2 rings (SSSR count). The number of nitrogens with one attached hydrogen (secondary N) is 2. The zero-order chi connectivity index (χ0) is 20.5. The molecule has 0 unspecified atom stereocenters. The van der Waals surface area contributed by atoms with Crippen molar-refractivity contribution < 1.29 is 28.7 Å². The molecule has 0 atom stereocenters. The number of esters is 2. The SMILES string of the molecule is COC(=O)c1ccc(NC(=O)COC(=O)CNC(=O)c2ccc(Cl)cc2)cc1. The Morgan fingerprint density at radius 1 is 0.929 bits per heavy atom. The van der Waals surface area contributed by atoms with Crippen molar-refractivity contribution in [3.8, 4) is 0 Å². The summed E-state index contributed by atoms with van der Waals surface area (Å²) in [4.78, 5) is 46.7. The van der Waals surface area contributed by atoms with Crippen LogP contribution in [0.4, 0.5) is 5.69 Å². The summed E-state index contributed by atoms with van der Waals surface area (Å²) in [6, 6.07) is 12.1. The Labute approximate surface area is 165 Å². The molecule has 2 aromatic carbocycles. The lowest BCUT2D eigenvalue weighted by molar-refractivity contribution is -0.146. The standard InChI is InChI=1S/C19H17ClN2O6/c1-27-19(26)13-4-8-15(9-5-13)22-16(23)11-28-17(24)10-21-18(25)12-2-6-14(20)7-3-12/h2-9H,10-11H2,1H3,(H,21,25)(H,22,23). The zero-order valence-corrected chi connectivity index (χ0v) is 15.6. The summed E-state index contributed by atoms with van der Waals surface area (Å²) >= 11 is 5.74. The molecule has 0 saturated carbocycles. The van der Waals surface area contributed by atoms with Crippen molar-refractivity contribution in [2.75, 3.05) is 25.6 Å². The van der Waals surface area contributed by atoms with Gasteiger partial charge in [-0.2, -0.15) is 0 Å². The molecule has 2 N–H and O–H groups in total. The highest BCUT2D eigenvalue weighted by atomic mass is 35.5. The van der Waals surface area contributed by atoms with E-state index in [2.05, 4.69) is 15.4 Å². The lowest BCUT2D eigenvalue weighted by Crippen LogP contribution is -2.32. The first-order chi connectivity index (χ1) is 13.4.